The van der Waals surface area contributed by atoms with Gasteiger partial charge in [0.05, 0.1) is 11.3 Å². The number of rotatable bonds is 3. The van der Waals surface area contributed by atoms with Gasteiger partial charge in [0.15, 0.2) is 0 Å². The van der Waals surface area contributed by atoms with Crippen LogP contribution in [-0.2, 0) is 10.9 Å². The minimum Gasteiger partial charge on any atom is -0.446 e. The van der Waals surface area contributed by atoms with E-state index < -0.39 is 23.7 Å². The summed E-state index contributed by atoms with van der Waals surface area (Å²) in [6, 6.07) is 9.08. The van der Waals surface area contributed by atoms with Crippen LogP contribution in [0.2, 0.25) is 0 Å². The molecule has 2 aliphatic heterocycles. The maximum atomic E-state index is 13.9. The van der Waals surface area contributed by atoms with E-state index in [1.54, 1.807) is 0 Å². The van der Waals surface area contributed by atoms with Crippen LogP contribution in [0.4, 0.5) is 28.0 Å². The Morgan fingerprint density at radius 3 is 2.30 bits per heavy atom. The molecule has 2 aromatic rings. The maximum Gasteiger partial charge on any atom is 0.416 e. The van der Waals surface area contributed by atoms with Crippen LogP contribution >= 0.6 is 0 Å². The number of carbonyl (C=O) groups excluding carboxylic acids is 1. The lowest BCUT2D eigenvalue weighted by Crippen LogP contribution is -2.43. The van der Waals surface area contributed by atoms with Gasteiger partial charge in [-0.05, 0) is 61.6 Å². The first kappa shape index (κ1) is 20.7. The van der Waals surface area contributed by atoms with Gasteiger partial charge < -0.3 is 10.1 Å². The highest BCUT2D eigenvalue weighted by Gasteiger charge is 2.36. The van der Waals surface area contributed by atoms with E-state index in [-0.39, 0.29) is 11.8 Å². The van der Waals surface area contributed by atoms with Gasteiger partial charge in [-0.2, -0.15) is 13.2 Å². The molecule has 2 aliphatic rings. The summed E-state index contributed by atoms with van der Waals surface area (Å²) in [6.07, 6.45) is -1.65. The average Bonchev–Trinajstić information content (AvgIpc) is 3.05. The minimum atomic E-state index is -4.45. The predicted molar refractivity (Wildman–Crippen MR) is 105 cm³/mol. The zero-order chi connectivity index (χ0) is 21.5. The second kappa shape index (κ2) is 7.91. The van der Waals surface area contributed by atoms with Crippen LogP contribution in [-0.4, -0.2) is 31.3 Å². The molecule has 160 valence electrons. The molecule has 1 amide bonds. The molecule has 2 saturated heterocycles. The number of fused-ring (bicyclic) bond motifs is 2. The zero-order valence-corrected chi connectivity index (χ0v) is 16.4. The molecule has 2 aromatic carbocycles. The summed E-state index contributed by atoms with van der Waals surface area (Å²) in [5, 5.41) is 3.47. The molecule has 4 rings (SSSR count). The maximum absolute atomic E-state index is 13.9. The van der Waals surface area contributed by atoms with E-state index in [2.05, 4.69) is 5.32 Å². The summed E-state index contributed by atoms with van der Waals surface area (Å²) in [5.74, 6) is -0.555. The summed E-state index contributed by atoms with van der Waals surface area (Å²) in [4.78, 5) is 13.9. The van der Waals surface area contributed by atoms with Gasteiger partial charge in [0.25, 0.3) is 0 Å². The standard InChI is InChI=1S/C22H22F4N2O2/c1-28(21(29)30-18-11-16-7-8-17(12-18)27-16)20-10-15(23)6-9-19(20)13-2-4-14(5-3-13)22(24,25)26/h2-6,9-10,16-18,27H,7-8,11-12H2,1H3. The first-order valence-electron chi connectivity index (χ1n) is 9.88. The molecule has 2 bridgehead atoms. The molecule has 0 aliphatic carbocycles. The molecular formula is C22H22F4N2O2. The molecule has 1 N–H and O–H groups in total. The largest absolute Gasteiger partial charge is 0.446 e. The first-order chi connectivity index (χ1) is 14.2. The summed E-state index contributed by atoms with van der Waals surface area (Å²) < 4.78 is 58.1. The van der Waals surface area contributed by atoms with Crippen molar-refractivity contribution >= 4 is 11.8 Å². The normalized spacial score (nSPS) is 23.3. The van der Waals surface area contributed by atoms with Crippen LogP contribution < -0.4 is 10.2 Å². The molecule has 2 fully saturated rings. The Labute approximate surface area is 171 Å². The number of amides is 1. The highest BCUT2D eigenvalue weighted by molar-refractivity contribution is 5.93. The molecule has 0 radical (unpaired) electrons. The number of halogens is 4. The number of hydrogen-bond acceptors (Lipinski definition) is 3. The SMILES string of the molecule is CN(C(=O)OC1CC2CCC(C1)N2)c1cc(F)ccc1-c1ccc(C(F)(F)F)cc1. The number of hydrogen-bond donors (Lipinski definition) is 1. The number of carbonyl (C=O) groups is 1. The van der Waals surface area contributed by atoms with Crippen molar-refractivity contribution in [2.75, 3.05) is 11.9 Å². The van der Waals surface area contributed by atoms with Crippen molar-refractivity contribution in [1.29, 1.82) is 0 Å². The minimum absolute atomic E-state index is 0.207. The Bertz CT molecular complexity index is 918. The summed E-state index contributed by atoms with van der Waals surface area (Å²) >= 11 is 0. The van der Waals surface area contributed by atoms with Crippen molar-refractivity contribution in [3.05, 3.63) is 53.8 Å². The van der Waals surface area contributed by atoms with Crippen molar-refractivity contribution in [1.82, 2.24) is 5.32 Å². The number of ether oxygens (including phenoxy) is 1. The second-order valence-electron chi connectivity index (χ2n) is 7.91. The predicted octanol–water partition coefficient (Wildman–Crippen LogP) is 5.37. The lowest BCUT2D eigenvalue weighted by Gasteiger charge is -2.30. The molecule has 2 heterocycles. The smallest absolute Gasteiger partial charge is 0.416 e. The van der Waals surface area contributed by atoms with Gasteiger partial charge in [-0.1, -0.05) is 12.1 Å². The Balaban J connectivity index is 1.56. The Morgan fingerprint density at radius 1 is 1.07 bits per heavy atom. The number of nitrogens with one attached hydrogen (secondary N) is 1. The van der Waals surface area contributed by atoms with Crippen LogP contribution in [0.5, 0.6) is 0 Å². The highest BCUT2D eigenvalue weighted by atomic mass is 19.4. The Morgan fingerprint density at radius 2 is 1.70 bits per heavy atom. The van der Waals surface area contributed by atoms with Crippen molar-refractivity contribution < 1.29 is 27.1 Å². The fourth-order valence-corrected chi connectivity index (χ4v) is 4.29. The Kier molecular flexibility index (Phi) is 5.44. The van der Waals surface area contributed by atoms with E-state index in [1.807, 2.05) is 0 Å². The molecule has 0 spiro atoms. The number of alkyl halides is 3. The van der Waals surface area contributed by atoms with Gasteiger partial charge >= 0.3 is 12.3 Å². The second-order valence-corrected chi connectivity index (χ2v) is 7.91. The summed E-state index contributed by atoms with van der Waals surface area (Å²) in [5.41, 5.74) is 0.340. The molecule has 30 heavy (non-hydrogen) atoms. The number of nitrogens with zero attached hydrogens (tertiary/aromatic N) is 1. The Hall–Kier alpha value is -2.61. The number of anilines is 1. The third-order valence-corrected chi connectivity index (χ3v) is 5.82. The third kappa shape index (κ3) is 4.28. The van der Waals surface area contributed by atoms with E-state index in [0.29, 0.717) is 23.2 Å². The van der Waals surface area contributed by atoms with Crippen LogP contribution in [0.1, 0.15) is 31.2 Å². The van der Waals surface area contributed by atoms with Gasteiger partial charge in [-0.15, -0.1) is 0 Å². The van der Waals surface area contributed by atoms with E-state index >= 15 is 0 Å². The molecular weight excluding hydrogens is 400 g/mol. The molecule has 2 atom stereocenters. The molecule has 0 saturated carbocycles. The summed E-state index contributed by atoms with van der Waals surface area (Å²) in [7, 11) is 1.47. The lowest BCUT2D eigenvalue weighted by molar-refractivity contribution is -0.137. The zero-order valence-electron chi connectivity index (χ0n) is 16.4. The molecule has 8 heteroatoms. The molecule has 4 nitrogen and oxygen atoms in total. The van der Waals surface area contributed by atoms with Gasteiger partial charge in [0.2, 0.25) is 0 Å². The van der Waals surface area contributed by atoms with Crippen molar-refractivity contribution in [3.63, 3.8) is 0 Å². The van der Waals surface area contributed by atoms with Crippen LogP contribution in [0.3, 0.4) is 0 Å². The van der Waals surface area contributed by atoms with Gasteiger partial charge in [0, 0.05) is 24.7 Å². The molecule has 2 unspecified atom stereocenters. The summed E-state index contributed by atoms with van der Waals surface area (Å²) in [6.45, 7) is 0. The van der Waals surface area contributed by atoms with E-state index in [0.717, 1.165) is 37.8 Å². The van der Waals surface area contributed by atoms with Gasteiger partial charge in [0.1, 0.15) is 11.9 Å². The van der Waals surface area contributed by atoms with Crippen molar-refractivity contribution in [3.8, 4) is 11.1 Å². The lowest BCUT2D eigenvalue weighted by atomic mass is 10.0. The van der Waals surface area contributed by atoms with Gasteiger partial charge in [-0.3, -0.25) is 4.90 Å². The highest BCUT2D eigenvalue weighted by Crippen LogP contribution is 2.35. The fourth-order valence-electron chi connectivity index (χ4n) is 4.29. The van der Waals surface area contributed by atoms with Crippen LogP contribution in [0, 0.1) is 5.82 Å². The van der Waals surface area contributed by atoms with Crippen molar-refractivity contribution in [2.45, 2.75) is 50.0 Å². The average molecular weight is 422 g/mol. The topological polar surface area (TPSA) is 41.6 Å². The van der Waals surface area contributed by atoms with E-state index in [9.17, 15) is 22.4 Å². The van der Waals surface area contributed by atoms with Crippen molar-refractivity contribution in [2.24, 2.45) is 0 Å². The van der Waals surface area contributed by atoms with Gasteiger partial charge in [-0.25, -0.2) is 9.18 Å². The quantitative estimate of drug-likeness (QED) is 0.677. The number of piperidine rings is 1. The third-order valence-electron chi connectivity index (χ3n) is 5.82. The first-order valence-corrected chi connectivity index (χ1v) is 9.88. The van der Waals surface area contributed by atoms with E-state index in [4.69, 9.17) is 4.74 Å². The molecule has 0 aromatic heterocycles. The fraction of sp³-hybridized carbons (Fsp3) is 0.409. The van der Waals surface area contributed by atoms with Crippen LogP contribution in [0.25, 0.3) is 11.1 Å². The number of benzene rings is 2. The monoisotopic (exact) mass is 422 g/mol. The van der Waals surface area contributed by atoms with E-state index in [1.165, 1.54) is 42.3 Å². The van der Waals surface area contributed by atoms with Crippen LogP contribution in [0.15, 0.2) is 42.5 Å².